The van der Waals surface area contributed by atoms with E-state index in [0.29, 0.717) is 61.4 Å². The zero-order chi connectivity index (χ0) is 41.0. The first-order valence-corrected chi connectivity index (χ1v) is 18.6. The molecule has 2 unspecified atom stereocenters. The van der Waals surface area contributed by atoms with Crippen LogP contribution >= 0.6 is 0 Å². The number of nitrogens with one attached hydrogen (secondary N) is 1. The first kappa shape index (κ1) is 40.1. The monoisotopic (exact) mass is 801 g/mol. The quantitative estimate of drug-likeness (QED) is 0.199. The number of imidazole rings is 1. The number of amides is 2. The number of aromatic nitrogens is 3. The maximum atomic E-state index is 16.0. The van der Waals surface area contributed by atoms with Gasteiger partial charge >= 0.3 is 11.9 Å². The Morgan fingerprint density at radius 3 is 2.16 bits per heavy atom. The molecule has 5 heterocycles. The molecule has 18 heteroatoms. The Balaban J connectivity index is 1.01. The maximum Gasteiger partial charge on any atom is 0.421 e. The fourth-order valence-corrected chi connectivity index (χ4v) is 8.54. The summed E-state index contributed by atoms with van der Waals surface area (Å²) in [6.45, 7) is 2.22. The second-order valence-corrected chi connectivity index (χ2v) is 15.0. The van der Waals surface area contributed by atoms with E-state index >= 15 is 8.78 Å². The number of carbonyl (C=O) groups is 2. The van der Waals surface area contributed by atoms with Gasteiger partial charge in [0.1, 0.15) is 23.1 Å². The number of benzene rings is 2. The minimum atomic E-state index is -4.86. The van der Waals surface area contributed by atoms with Gasteiger partial charge in [-0.05, 0) is 53.8 Å². The standard InChI is InChI=1S/C39H44F5N7O6/c1-46-19-25(16-27(36(46)54)39(42,43)44)24-17-30(56-3)26(31(18-24)57-4)21-49-11-10-32(38(40,41)22-49)50-14-12-48(13-15-50)20-23-6-5-7-28-34(23)47(2)37(55)51(28)29-8-9-33(52)45-35(29)53/h5-7,16-19,29,32H,8-15,20-22H2,1-4H3,(H,45,52,53). The van der Waals surface area contributed by atoms with Gasteiger partial charge in [0.05, 0.1) is 43.4 Å². The van der Waals surface area contributed by atoms with E-state index in [4.69, 9.17) is 9.47 Å². The summed E-state index contributed by atoms with van der Waals surface area (Å²) >= 11 is 0. The van der Waals surface area contributed by atoms with Gasteiger partial charge < -0.3 is 14.0 Å². The summed E-state index contributed by atoms with van der Waals surface area (Å²) in [4.78, 5) is 55.6. The molecule has 0 saturated carbocycles. The molecule has 3 aliphatic heterocycles. The molecule has 0 bridgehead atoms. The Morgan fingerprint density at radius 2 is 1.54 bits per heavy atom. The highest BCUT2D eigenvalue weighted by molar-refractivity contribution is 6.00. The zero-order valence-corrected chi connectivity index (χ0v) is 32.0. The van der Waals surface area contributed by atoms with Crippen molar-refractivity contribution in [2.24, 2.45) is 14.1 Å². The van der Waals surface area contributed by atoms with E-state index in [9.17, 15) is 32.3 Å². The van der Waals surface area contributed by atoms with Gasteiger partial charge in [0, 0.05) is 72.5 Å². The highest BCUT2D eigenvalue weighted by Crippen LogP contribution is 2.39. The lowest BCUT2D eigenvalue weighted by Gasteiger charge is -2.46. The number of carbonyl (C=O) groups excluding carboxylic acids is 2. The molecule has 2 amide bonds. The molecule has 3 aliphatic rings. The van der Waals surface area contributed by atoms with Crippen LogP contribution in [0, 0.1) is 0 Å². The number of para-hydroxylation sites is 1. The molecule has 2 atom stereocenters. The molecule has 2 aromatic carbocycles. The second-order valence-electron chi connectivity index (χ2n) is 15.0. The Labute approximate surface area is 324 Å². The first-order chi connectivity index (χ1) is 27.0. The predicted octanol–water partition coefficient (Wildman–Crippen LogP) is 3.75. The first-order valence-electron chi connectivity index (χ1n) is 18.6. The fraction of sp³-hybridized carbons (Fsp3) is 0.487. The Kier molecular flexibility index (Phi) is 10.8. The van der Waals surface area contributed by atoms with E-state index in [1.807, 2.05) is 17.0 Å². The summed E-state index contributed by atoms with van der Waals surface area (Å²) in [5.41, 5.74) is 0.140. The number of hydrogen-bond donors (Lipinski definition) is 1. The molecule has 57 heavy (non-hydrogen) atoms. The third-order valence-corrected chi connectivity index (χ3v) is 11.4. The number of methoxy groups -OCH3 is 2. The number of aryl methyl sites for hydroxylation is 2. The van der Waals surface area contributed by atoms with Crippen molar-refractivity contribution in [1.29, 1.82) is 0 Å². The number of imide groups is 1. The van der Waals surface area contributed by atoms with Crippen LogP contribution in [0.15, 0.2) is 52.2 Å². The number of fused-ring (bicyclic) bond motifs is 1. The van der Waals surface area contributed by atoms with Gasteiger partial charge in [-0.2, -0.15) is 13.2 Å². The van der Waals surface area contributed by atoms with E-state index in [1.54, 1.807) is 18.0 Å². The van der Waals surface area contributed by atoms with Gasteiger partial charge in [-0.15, -0.1) is 0 Å². The number of nitrogens with zero attached hydrogens (tertiary/aromatic N) is 6. The van der Waals surface area contributed by atoms with Gasteiger partial charge in [-0.1, -0.05) is 12.1 Å². The Morgan fingerprint density at radius 1 is 0.860 bits per heavy atom. The number of hydrogen-bond acceptors (Lipinski definition) is 9. The lowest BCUT2D eigenvalue weighted by molar-refractivity contribution is -0.139. The molecule has 1 N–H and O–H groups in total. The maximum absolute atomic E-state index is 16.0. The number of likely N-dealkylation sites (tertiary alicyclic amines) is 1. The van der Waals surface area contributed by atoms with E-state index in [0.717, 1.165) is 16.2 Å². The third kappa shape index (κ3) is 7.69. The summed E-state index contributed by atoms with van der Waals surface area (Å²) in [7, 11) is 5.64. The second kappa shape index (κ2) is 15.4. The molecule has 0 spiro atoms. The van der Waals surface area contributed by atoms with Crippen LogP contribution in [0.4, 0.5) is 22.0 Å². The molecule has 3 saturated heterocycles. The van der Waals surface area contributed by atoms with Gasteiger partial charge in [-0.3, -0.25) is 43.5 Å². The van der Waals surface area contributed by atoms with Crippen molar-refractivity contribution >= 4 is 22.8 Å². The summed E-state index contributed by atoms with van der Waals surface area (Å²) in [6.07, 6.45) is -3.02. The van der Waals surface area contributed by atoms with Crippen molar-refractivity contribution in [3.8, 4) is 22.6 Å². The summed E-state index contributed by atoms with van der Waals surface area (Å²) in [5.74, 6) is -3.44. The van der Waals surface area contributed by atoms with Crippen LogP contribution in [-0.2, 0) is 43.0 Å². The lowest BCUT2D eigenvalue weighted by Crippen LogP contribution is -2.61. The minimum absolute atomic E-state index is 0.0448. The number of piperidine rings is 2. The summed E-state index contributed by atoms with van der Waals surface area (Å²) in [5, 5.41) is 2.32. The molecule has 306 valence electrons. The molecule has 2 aromatic heterocycles. The molecule has 4 aromatic rings. The number of rotatable bonds is 9. The molecular formula is C39H44F5N7O6. The van der Waals surface area contributed by atoms with Crippen LogP contribution in [0.2, 0.25) is 0 Å². The van der Waals surface area contributed by atoms with Crippen molar-refractivity contribution in [2.75, 3.05) is 53.5 Å². The fourth-order valence-electron chi connectivity index (χ4n) is 8.54. The zero-order valence-electron chi connectivity index (χ0n) is 32.0. The van der Waals surface area contributed by atoms with Crippen molar-refractivity contribution in [3.05, 3.63) is 80.1 Å². The number of pyridine rings is 1. The minimum Gasteiger partial charge on any atom is -0.496 e. The molecular weight excluding hydrogens is 757 g/mol. The van der Waals surface area contributed by atoms with Crippen LogP contribution in [-0.4, -0.2) is 106 Å². The molecule has 13 nitrogen and oxygen atoms in total. The highest BCUT2D eigenvalue weighted by Gasteiger charge is 2.48. The van der Waals surface area contributed by atoms with E-state index in [-0.39, 0.29) is 54.5 Å². The predicted molar refractivity (Wildman–Crippen MR) is 199 cm³/mol. The Bertz CT molecular complexity index is 2300. The van der Waals surface area contributed by atoms with Gasteiger partial charge in [0.25, 0.3) is 11.5 Å². The molecule has 3 fully saturated rings. The smallest absolute Gasteiger partial charge is 0.421 e. The van der Waals surface area contributed by atoms with Crippen LogP contribution in [0.25, 0.3) is 22.2 Å². The van der Waals surface area contributed by atoms with Crippen LogP contribution in [0.5, 0.6) is 11.5 Å². The van der Waals surface area contributed by atoms with E-state index < -0.39 is 47.8 Å². The molecule has 0 radical (unpaired) electrons. The van der Waals surface area contributed by atoms with Gasteiger partial charge in [0.15, 0.2) is 0 Å². The molecule has 7 rings (SSSR count). The average Bonchev–Trinajstić information content (AvgIpc) is 3.41. The number of halogens is 5. The topological polar surface area (TPSA) is 123 Å². The number of alkyl halides is 5. The lowest BCUT2D eigenvalue weighted by atomic mass is 9.96. The van der Waals surface area contributed by atoms with Gasteiger partial charge in [-0.25, -0.2) is 13.6 Å². The number of ether oxygens (including phenoxy) is 2. The van der Waals surface area contributed by atoms with Crippen molar-refractivity contribution in [2.45, 2.75) is 56.5 Å². The summed E-state index contributed by atoms with van der Waals surface area (Å²) in [6, 6.07) is 7.53. The van der Waals surface area contributed by atoms with Crippen LogP contribution in [0.3, 0.4) is 0 Å². The SMILES string of the molecule is COc1cc(-c2cc(C(F)(F)F)c(=O)n(C)c2)cc(OC)c1CN1CCC(N2CCN(Cc3cccc4c3n(C)c(=O)n4C3CCC(=O)NC3=O)CC2)C(F)(F)C1. The van der Waals surface area contributed by atoms with Crippen LogP contribution in [0.1, 0.15) is 42.0 Å². The van der Waals surface area contributed by atoms with Gasteiger partial charge in [0.2, 0.25) is 11.8 Å². The highest BCUT2D eigenvalue weighted by atomic mass is 19.4. The number of piperazine rings is 1. The molecule has 0 aliphatic carbocycles. The summed E-state index contributed by atoms with van der Waals surface area (Å²) < 4.78 is 87.9. The van der Waals surface area contributed by atoms with Crippen LogP contribution < -0.4 is 26.0 Å². The average molecular weight is 802 g/mol. The largest absolute Gasteiger partial charge is 0.496 e. The normalized spacial score (nSPS) is 21.2. The van der Waals surface area contributed by atoms with Crippen molar-refractivity contribution < 1.29 is 41.0 Å². The van der Waals surface area contributed by atoms with Crippen molar-refractivity contribution in [3.63, 3.8) is 0 Å². The third-order valence-electron chi connectivity index (χ3n) is 11.4. The van der Waals surface area contributed by atoms with Crippen molar-refractivity contribution in [1.82, 2.24) is 33.7 Å². The van der Waals surface area contributed by atoms with E-state index in [1.165, 1.54) is 48.7 Å². The Hall–Kier alpha value is -5.07. The van der Waals surface area contributed by atoms with E-state index in [2.05, 4.69) is 10.2 Å².